The molecule has 238 valence electrons. The molecular weight excluding hydrogens is 627 g/mol. The molecule has 4 aromatic rings. The summed E-state index contributed by atoms with van der Waals surface area (Å²) in [4.78, 5) is 53.9. The first-order chi connectivity index (χ1) is 20.9. The molecule has 0 saturated carbocycles. The number of imidazole rings is 1. The van der Waals surface area contributed by atoms with Gasteiger partial charge in [0.1, 0.15) is 34.6 Å². The fourth-order valence-electron chi connectivity index (χ4n) is 5.64. The average Bonchev–Trinajstić information content (AvgIpc) is 3.60. The molecule has 2 aliphatic heterocycles. The van der Waals surface area contributed by atoms with Crippen molar-refractivity contribution in [3.05, 3.63) is 42.6 Å². The summed E-state index contributed by atoms with van der Waals surface area (Å²) in [7, 11) is -6.06. The first-order valence-corrected chi connectivity index (χ1v) is 14.8. The van der Waals surface area contributed by atoms with Crippen molar-refractivity contribution in [2.45, 2.75) is 50.3 Å². The Morgan fingerprint density at radius 1 is 1.07 bits per heavy atom. The summed E-state index contributed by atoms with van der Waals surface area (Å²) in [5.41, 5.74) is -8.23. The molecule has 2 aliphatic rings. The van der Waals surface area contributed by atoms with Gasteiger partial charge in [-0.3, -0.25) is 0 Å². The van der Waals surface area contributed by atoms with Crippen molar-refractivity contribution in [3.8, 4) is 5.75 Å². The maximum atomic E-state index is 13.5. The van der Waals surface area contributed by atoms with E-state index in [9.17, 15) is 41.1 Å². The second-order valence-electron chi connectivity index (χ2n) is 11.4. The number of carbonyl (C=O) groups excluding carboxylic acids is 2. The van der Waals surface area contributed by atoms with Crippen LogP contribution in [0.25, 0.3) is 22.1 Å². The van der Waals surface area contributed by atoms with Gasteiger partial charge < -0.3 is 18.9 Å². The van der Waals surface area contributed by atoms with E-state index >= 15 is 0 Å². The Balaban J connectivity index is 1.36. The minimum atomic E-state index is -6.06. The summed E-state index contributed by atoms with van der Waals surface area (Å²) < 4.78 is 74.5. The molecule has 1 spiro atoms. The van der Waals surface area contributed by atoms with Crippen molar-refractivity contribution >= 4 is 56.2 Å². The lowest BCUT2D eigenvalue weighted by atomic mass is 9.86. The van der Waals surface area contributed by atoms with Gasteiger partial charge in [0.05, 0.1) is 10.9 Å². The number of imide groups is 1. The van der Waals surface area contributed by atoms with Crippen molar-refractivity contribution in [1.29, 1.82) is 0 Å². The van der Waals surface area contributed by atoms with E-state index in [0.29, 0.717) is 16.1 Å². The van der Waals surface area contributed by atoms with E-state index in [1.807, 2.05) is 4.90 Å². The van der Waals surface area contributed by atoms with Crippen molar-refractivity contribution in [2.24, 2.45) is 0 Å². The van der Waals surface area contributed by atoms with Gasteiger partial charge in [0.25, 0.3) is 0 Å². The van der Waals surface area contributed by atoms with Gasteiger partial charge >= 0.3 is 33.8 Å². The van der Waals surface area contributed by atoms with E-state index in [4.69, 9.17) is 4.74 Å². The van der Waals surface area contributed by atoms with Crippen LogP contribution in [0.15, 0.2) is 36.8 Å². The van der Waals surface area contributed by atoms with Crippen LogP contribution in [-0.2, 0) is 20.4 Å². The monoisotopic (exact) mass is 651 g/mol. The molecule has 0 bridgehead atoms. The molecular formula is C26H24F3N7O8S. The first kappa shape index (κ1) is 30.1. The Kier molecular flexibility index (Phi) is 6.54. The number of hydrogen-bond donors (Lipinski definition) is 1. The average molecular weight is 652 g/mol. The number of fused-ring (bicyclic) bond motifs is 5. The van der Waals surface area contributed by atoms with Crippen LogP contribution in [0.2, 0.25) is 0 Å². The number of amides is 2. The van der Waals surface area contributed by atoms with Crippen LogP contribution in [0, 0.1) is 0 Å². The number of nitrogens with zero attached hydrogens (tertiary/aromatic N) is 7. The Morgan fingerprint density at radius 3 is 2.38 bits per heavy atom. The molecule has 0 atom stereocenters. The number of benzene rings is 1. The summed E-state index contributed by atoms with van der Waals surface area (Å²) >= 11 is 0. The zero-order valence-electron chi connectivity index (χ0n) is 23.8. The van der Waals surface area contributed by atoms with Crippen LogP contribution in [0.4, 0.5) is 33.4 Å². The summed E-state index contributed by atoms with van der Waals surface area (Å²) in [6, 6.07) is 4.01. The quantitative estimate of drug-likeness (QED) is 0.246. The van der Waals surface area contributed by atoms with Gasteiger partial charge in [0.2, 0.25) is 0 Å². The molecule has 15 nitrogen and oxygen atoms in total. The topological polar surface area (TPSA) is 179 Å². The van der Waals surface area contributed by atoms with E-state index in [-0.39, 0.29) is 48.4 Å². The van der Waals surface area contributed by atoms with E-state index in [2.05, 4.69) is 19.1 Å². The van der Waals surface area contributed by atoms with Crippen LogP contribution in [0.3, 0.4) is 0 Å². The highest BCUT2D eigenvalue weighted by Gasteiger charge is 2.57. The lowest BCUT2D eigenvalue weighted by Crippen LogP contribution is -2.53. The summed E-state index contributed by atoms with van der Waals surface area (Å²) in [5, 5.41) is 10.6. The predicted octanol–water partition coefficient (Wildman–Crippen LogP) is 4.25. The van der Waals surface area contributed by atoms with E-state index < -0.39 is 50.7 Å². The van der Waals surface area contributed by atoms with Crippen molar-refractivity contribution in [2.75, 3.05) is 18.0 Å². The Morgan fingerprint density at radius 2 is 1.76 bits per heavy atom. The maximum absolute atomic E-state index is 13.5. The Hall–Kier alpha value is -4.94. The first-order valence-electron chi connectivity index (χ1n) is 13.4. The second-order valence-corrected chi connectivity index (χ2v) is 12.9. The van der Waals surface area contributed by atoms with Gasteiger partial charge in [0, 0.05) is 19.3 Å². The number of aromatic nitrogens is 5. The van der Waals surface area contributed by atoms with Gasteiger partial charge in [-0.1, -0.05) is 6.07 Å². The molecule has 0 radical (unpaired) electrons. The number of piperidine rings is 1. The number of alkyl halides is 3. The largest absolute Gasteiger partial charge is 0.534 e. The van der Waals surface area contributed by atoms with Crippen LogP contribution >= 0.6 is 0 Å². The number of carboxylic acid groups (broad SMARTS) is 1. The standard InChI is InChI=1S/C26H24F3N7O8S/c1-24(2,3)43-23(40)34-10-7-14-18(30-13-31-19(14)34)33-11-8-25(9-12-33)20-32-17-15(35(20)21(37)36(25)22(38)39)5-4-6-16(17)44-45(41,42)26(27,28)29/h4-7,10,13H,8-9,11-12H2,1-3H3,(H,38,39). The lowest BCUT2D eigenvalue weighted by molar-refractivity contribution is -0.0499. The van der Waals surface area contributed by atoms with E-state index in [1.165, 1.54) is 23.2 Å². The van der Waals surface area contributed by atoms with Crippen molar-refractivity contribution in [1.82, 2.24) is 29.0 Å². The van der Waals surface area contributed by atoms with Gasteiger partial charge in [-0.15, -0.1) is 0 Å². The molecule has 6 rings (SSSR count). The summed E-state index contributed by atoms with van der Waals surface area (Å²) in [6.07, 6.45) is 0.518. The molecule has 2 amide bonds. The fourth-order valence-corrected chi connectivity index (χ4v) is 6.11. The Bertz CT molecular complexity index is 2010. The summed E-state index contributed by atoms with van der Waals surface area (Å²) in [5.74, 6) is -0.425. The van der Waals surface area contributed by atoms with Crippen LogP contribution in [-0.4, -0.2) is 84.9 Å². The third-order valence-corrected chi connectivity index (χ3v) is 8.46. The maximum Gasteiger partial charge on any atom is 0.534 e. The lowest BCUT2D eigenvalue weighted by Gasteiger charge is -2.41. The summed E-state index contributed by atoms with van der Waals surface area (Å²) in [6.45, 7) is 5.44. The molecule has 45 heavy (non-hydrogen) atoms. The smallest absolute Gasteiger partial charge is 0.465 e. The molecule has 0 unspecified atom stereocenters. The molecule has 5 heterocycles. The molecule has 1 N–H and O–H groups in total. The number of halogens is 3. The molecule has 0 aliphatic carbocycles. The fraction of sp³-hybridized carbons (Fsp3) is 0.385. The van der Waals surface area contributed by atoms with E-state index in [1.54, 1.807) is 26.8 Å². The Labute approximate surface area is 251 Å². The highest BCUT2D eigenvalue weighted by atomic mass is 32.2. The number of rotatable bonds is 3. The number of ether oxygens (including phenoxy) is 1. The highest BCUT2D eigenvalue weighted by molar-refractivity contribution is 7.88. The minimum Gasteiger partial charge on any atom is -0.465 e. The molecule has 3 aromatic heterocycles. The third-order valence-electron chi connectivity index (χ3n) is 7.49. The number of anilines is 1. The number of para-hydroxylation sites is 1. The third kappa shape index (κ3) is 4.68. The minimum absolute atomic E-state index is 0.0102. The second kappa shape index (κ2) is 9.78. The zero-order valence-corrected chi connectivity index (χ0v) is 24.6. The molecule has 19 heteroatoms. The SMILES string of the molecule is CC(C)(C)OC(=O)n1ccc2c(N3CCC4(CC3)c3nc5c(OS(=O)(=O)C(F)(F)F)cccc5n3C(=O)N4C(=O)O)ncnc21. The normalized spacial score (nSPS) is 16.9. The predicted molar refractivity (Wildman–Crippen MR) is 148 cm³/mol. The van der Waals surface area contributed by atoms with Gasteiger partial charge in [-0.25, -0.2) is 43.4 Å². The number of hydrogen-bond acceptors (Lipinski definition) is 11. The molecule has 1 aromatic carbocycles. The van der Waals surface area contributed by atoms with E-state index in [0.717, 1.165) is 16.7 Å². The zero-order chi connectivity index (χ0) is 32.7. The highest BCUT2D eigenvalue weighted by Crippen LogP contribution is 2.47. The molecule has 1 fully saturated rings. The molecule has 1 saturated heterocycles. The van der Waals surface area contributed by atoms with Crippen LogP contribution in [0.1, 0.15) is 39.4 Å². The number of carbonyl (C=O) groups is 3. The van der Waals surface area contributed by atoms with Crippen molar-refractivity contribution in [3.63, 3.8) is 0 Å². The van der Waals surface area contributed by atoms with Crippen LogP contribution in [0.5, 0.6) is 5.75 Å². The van der Waals surface area contributed by atoms with Crippen LogP contribution < -0.4 is 9.08 Å². The van der Waals surface area contributed by atoms with Gasteiger partial charge in [-0.2, -0.15) is 21.6 Å². The van der Waals surface area contributed by atoms with Gasteiger partial charge in [-0.05, 0) is 51.8 Å². The van der Waals surface area contributed by atoms with Gasteiger partial charge in [0.15, 0.2) is 11.4 Å². The van der Waals surface area contributed by atoms with Crippen molar-refractivity contribution < 1.29 is 50.0 Å².